The smallest absolute Gasteiger partial charge is 0.343 e. The fourth-order valence-electron chi connectivity index (χ4n) is 2.51. The van der Waals surface area contributed by atoms with Gasteiger partial charge in [0.1, 0.15) is 17.1 Å². The standard InChI is InChI=1S/C19H25N3O3/c1-4-6-9-12-22(3)18-15(19(24)25-5-2)13-20-17(21-18)14-10-7-8-11-16(14)23/h7-8,10-11,13,23H,4-6,9,12H2,1-3H3. The highest BCUT2D eigenvalue weighted by Crippen LogP contribution is 2.28. The van der Waals surface area contributed by atoms with Crippen molar-refractivity contribution < 1.29 is 14.6 Å². The summed E-state index contributed by atoms with van der Waals surface area (Å²) in [5.74, 6) is 0.556. The molecule has 0 amide bonds. The normalized spacial score (nSPS) is 10.5. The van der Waals surface area contributed by atoms with E-state index in [2.05, 4.69) is 16.9 Å². The van der Waals surface area contributed by atoms with Gasteiger partial charge in [-0.3, -0.25) is 0 Å². The quantitative estimate of drug-likeness (QED) is 0.582. The van der Waals surface area contributed by atoms with Crippen molar-refractivity contribution in [2.24, 2.45) is 0 Å². The van der Waals surface area contributed by atoms with Crippen LogP contribution in [0.15, 0.2) is 30.5 Å². The molecule has 0 radical (unpaired) electrons. The number of hydrogen-bond acceptors (Lipinski definition) is 6. The number of hydrogen-bond donors (Lipinski definition) is 1. The van der Waals surface area contributed by atoms with Crippen molar-refractivity contribution in [3.05, 3.63) is 36.0 Å². The number of benzene rings is 1. The molecule has 0 atom stereocenters. The molecule has 0 aliphatic carbocycles. The van der Waals surface area contributed by atoms with E-state index in [1.807, 2.05) is 18.0 Å². The van der Waals surface area contributed by atoms with Crippen LogP contribution in [0.4, 0.5) is 5.82 Å². The predicted octanol–water partition coefficient (Wildman–Crippen LogP) is 3.65. The van der Waals surface area contributed by atoms with Crippen molar-refractivity contribution in [1.82, 2.24) is 9.97 Å². The van der Waals surface area contributed by atoms with Crippen molar-refractivity contribution in [3.63, 3.8) is 0 Å². The van der Waals surface area contributed by atoms with Crippen molar-refractivity contribution in [2.45, 2.75) is 33.1 Å². The van der Waals surface area contributed by atoms with Gasteiger partial charge >= 0.3 is 5.97 Å². The third-order valence-corrected chi connectivity index (χ3v) is 3.87. The molecule has 0 aliphatic rings. The van der Waals surface area contributed by atoms with Crippen LogP contribution in [0.2, 0.25) is 0 Å². The number of anilines is 1. The molecule has 0 bridgehead atoms. The zero-order chi connectivity index (χ0) is 18.2. The number of phenolic OH excluding ortho intramolecular Hbond substituents is 1. The van der Waals surface area contributed by atoms with Crippen LogP contribution in [0.5, 0.6) is 5.75 Å². The first-order valence-electron chi connectivity index (χ1n) is 8.62. The van der Waals surface area contributed by atoms with Crippen LogP contribution < -0.4 is 4.90 Å². The van der Waals surface area contributed by atoms with E-state index >= 15 is 0 Å². The van der Waals surface area contributed by atoms with Gasteiger partial charge in [-0.25, -0.2) is 14.8 Å². The third kappa shape index (κ3) is 4.68. The second-order valence-corrected chi connectivity index (χ2v) is 5.80. The molecule has 25 heavy (non-hydrogen) atoms. The minimum Gasteiger partial charge on any atom is -0.507 e. The lowest BCUT2D eigenvalue weighted by atomic mass is 10.1. The van der Waals surface area contributed by atoms with E-state index < -0.39 is 5.97 Å². The molecule has 0 saturated carbocycles. The molecule has 0 aliphatic heterocycles. The molecule has 1 heterocycles. The maximum Gasteiger partial charge on any atom is 0.343 e. The Morgan fingerprint density at radius 3 is 2.68 bits per heavy atom. The van der Waals surface area contributed by atoms with Gasteiger partial charge in [0.2, 0.25) is 0 Å². The van der Waals surface area contributed by atoms with Crippen molar-refractivity contribution >= 4 is 11.8 Å². The van der Waals surface area contributed by atoms with Gasteiger partial charge < -0.3 is 14.7 Å². The highest BCUT2D eigenvalue weighted by molar-refractivity contribution is 5.94. The highest BCUT2D eigenvalue weighted by atomic mass is 16.5. The van der Waals surface area contributed by atoms with Gasteiger partial charge in [0.25, 0.3) is 0 Å². The van der Waals surface area contributed by atoms with Gasteiger partial charge in [0.05, 0.1) is 12.2 Å². The Bertz CT molecular complexity index is 719. The van der Waals surface area contributed by atoms with Crippen LogP contribution in [0.25, 0.3) is 11.4 Å². The Labute approximate surface area is 148 Å². The molecular weight excluding hydrogens is 318 g/mol. The first kappa shape index (κ1) is 18.7. The molecule has 0 fully saturated rings. The van der Waals surface area contributed by atoms with E-state index in [0.717, 1.165) is 25.8 Å². The van der Waals surface area contributed by atoms with Gasteiger partial charge in [-0.05, 0) is 25.5 Å². The number of carbonyl (C=O) groups is 1. The van der Waals surface area contributed by atoms with Gasteiger partial charge in [0, 0.05) is 19.8 Å². The summed E-state index contributed by atoms with van der Waals surface area (Å²) in [6, 6.07) is 6.88. The molecule has 2 rings (SSSR count). The van der Waals surface area contributed by atoms with E-state index in [0.29, 0.717) is 29.4 Å². The fraction of sp³-hybridized carbons (Fsp3) is 0.421. The van der Waals surface area contributed by atoms with Crippen LogP contribution in [0.1, 0.15) is 43.5 Å². The first-order valence-corrected chi connectivity index (χ1v) is 8.62. The zero-order valence-corrected chi connectivity index (χ0v) is 15.0. The summed E-state index contributed by atoms with van der Waals surface area (Å²) in [5.41, 5.74) is 0.862. The van der Waals surface area contributed by atoms with Crippen LogP contribution in [0, 0.1) is 0 Å². The van der Waals surface area contributed by atoms with Crippen molar-refractivity contribution in [2.75, 3.05) is 25.1 Å². The molecule has 1 aromatic carbocycles. The first-order chi connectivity index (χ1) is 12.1. The Hall–Kier alpha value is -2.63. The fourth-order valence-corrected chi connectivity index (χ4v) is 2.51. The van der Waals surface area contributed by atoms with E-state index in [9.17, 15) is 9.90 Å². The molecule has 0 unspecified atom stereocenters. The Balaban J connectivity index is 2.41. The zero-order valence-electron chi connectivity index (χ0n) is 15.0. The minimum atomic E-state index is -0.441. The lowest BCUT2D eigenvalue weighted by Gasteiger charge is -2.21. The van der Waals surface area contributed by atoms with Crippen LogP contribution >= 0.6 is 0 Å². The average molecular weight is 343 g/mol. The molecule has 6 nitrogen and oxygen atoms in total. The van der Waals surface area contributed by atoms with Gasteiger partial charge in [-0.15, -0.1) is 0 Å². The minimum absolute atomic E-state index is 0.103. The number of ether oxygens (including phenoxy) is 1. The van der Waals surface area contributed by atoms with Gasteiger partial charge in [0.15, 0.2) is 5.82 Å². The van der Waals surface area contributed by atoms with E-state index in [4.69, 9.17) is 4.74 Å². The summed E-state index contributed by atoms with van der Waals surface area (Å²) in [5, 5.41) is 10.0. The summed E-state index contributed by atoms with van der Waals surface area (Å²) >= 11 is 0. The number of phenols is 1. The second-order valence-electron chi connectivity index (χ2n) is 5.80. The molecule has 0 saturated heterocycles. The molecule has 0 spiro atoms. The third-order valence-electron chi connectivity index (χ3n) is 3.87. The van der Waals surface area contributed by atoms with E-state index in [1.165, 1.54) is 6.20 Å². The monoisotopic (exact) mass is 343 g/mol. The maximum atomic E-state index is 12.2. The summed E-state index contributed by atoms with van der Waals surface area (Å²) in [6.45, 7) is 4.97. The Kier molecular flexibility index (Phi) is 6.74. The largest absolute Gasteiger partial charge is 0.507 e. The SMILES string of the molecule is CCCCCN(C)c1nc(-c2ccccc2O)ncc1C(=O)OCC. The molecular formula is C19H25N3O3. The summed E-state index contributed by atoms with van der Waals surface area (Å²) in [7, 11) is 1.90. The topological polar surface area (TPSA) is 75.5 Å². The highest BCUT2D eigenvalue weighted by Gasteiger charge is 2.20. The summed E-state index contributed by atoms with van der Waals surface area (Å²) in [6.07, 6.45) is 4.70. The number of esters is 1. The summed E-state index contributed by atoms with van der Waals surface area (Å²) < 4.78 is 5.12. The van der Waals surface area contributed by atoms with Gasteiger partial charge in [-0.2, -0.15) is 0 Å². The van der Waals surface area contributed by atoms with Gasteiger partial charge in [-0.1, -0.05) is 31.9 Å². The Morgan fingerprint density at radius 2 is 2.00 bits per heavy atom. The number of aromatic nitrogens is 2. The summed E-state index contributed by atoms with van der Waals surface area (Å²) in [4.78, 5) is 23.0. The van der Waals surface area contributed by atoms with Crippen molar-refractivity contribution in [3.8, 4) is 17.1 Å². The maximum absolute atomic E-state index is 12.2. The number of aromatic hydroxyl groups is 1. The number of unbranched alkanes of at least 4 members (excludes halogenated alkanes) is 2. The van der Waals surface area contributed by atoms with Crippen LogP contribution in [0.3, 0.4) is 0 Å². The Morgan fingerprint density at radius 1 is 1.24 bits per heavy atom. The number of para-hydroxylation sites is 1. The molecule has 1 aromatic heterocycles. The molecule has 2 aromatic rings. The predicted molar refractivity (Wildman–Crippen MR) is 97.9 cm³/mol. The van der Waals surface area contributed by atoms with E-state index in [-0.39, 0.29) is 5.75 Å². The molecule has 6 heteroatoms. The van der Waals surface area contributed by atoms with E-state index in [1.54, 1.807) is 25.1 Å². The molecule has 1 N–H and O–H groups in total. The average Bonchev–Trinajstić information content (AvgIpc) is 2.62. The second kappa shape index (κ2) is 9.01. The van der Waals surface area contributed by atoms with Crippen LogP contribution in [-0.4, -0.2) is 41.2 Å². The number of rotatable bonds is 8. The number of nitrogens with zero attached hydrogens (tertiary/aromatic N) is 3. The molecule has 134 valence electrons. The lowest BCUT2D eigenvalue weighted by Crippen LogP contribution is -2.23. The lowest BCUT2D eigenvalue weighted by molar-refractivity contribution is 0.0526. The van der Waals surface area contributed by atoms with Crippen molar-refractivity contribution in [1.29, 1.82) is 0 Å². The van der Waals surface area contributed by atoms with Crippen LogP contribution in [-0.2, 0) is 4.74 Å². The number of carbonyl (C=O) groups excluding carboxylic acids is 1.